The van der Waals surface area contributed by atoms with Gasteiger partial charge in [0.05, 0.1) is 24.7 Å². The summed E-state index contributed by atoms with van der Waals surface area (Å²) in [6.07, 6.45) is -0.733. The maximum absolute atomic E-state index is 10.6. The maximum atomic E-state index is 10.6. The van der Waals surface area contributed by atoms with Crippen molar-refractivity contribution in [1.29, 1.82) is 5.41 Å². The molecule has 0 spiro atoms. The van der Waals surface area contributed by atoms with Crippen LogP contribution in [0.3, 0.4) is 0 Å². The van der Waals surface area contributed by atoms with Crippen molar-refractivity contribution in [3.05, 3.63) is 54.1 Å². The van der Waals surface area contributed by atoms with Crippen LogP contribution in [0.5, 0.6) is 11.5 Å². The molecule has 0 fully saturated rings. The Bertz CT molecular complexity index is 996. The van der Waals surface area contributed by atoms with E-state index in [1.54, 1.807) is 7.11 Å². The van der Waals surface area contributed by atoms with Crippen LogP contribution in [0.1, 0.15) is 13.8 Å². The van der Waals surface area contributed by atoms with E-state index in [0.29, 0.717) is 17.9 Å². The zero-order valence-corrected chi connectivity index (χ0v) is 19.3. The summed E-state index contributed by atoms with van der Waals surface area (Å²) in [6, 6.07) is 15.3. The van der Waals surface area contributed by atoms with E-state index in [4.69, 9.17) is 14.9 Å². The molecule has 1 heterocycles. The number of hydrogen-bond acceptors (Lipinski definition) is 5. The SMILES string of the molecule is CCN(CC)CCn1c(=N)n(CC(O)COc2ccc(OC)cc2)c2ccccc21.Cl. The van der Waals surface area contributed by atoms with E-state index >= 15 is 0 Å². The minimum Gasteiger partial charge on any atom is -0.497 e. The number of fused-ring (bicyclic) bond motifs is 1. The Labute approximate surface area is 189 Å². The van der Waals surface area contributed by atoms with Crippen molar-refractivity contribution in [1.82, 2.24) is 14.0 Å². The first kappa shape index (κ1) is 24.8. The molecule has 0 amide bonds. The second-order valence-corrected chi connectivity index (χ2v) is 7.24. The van der Waals surface area contributed by atoms with Gasteiger partial charge in [0.2, 0.25) is 5.62 Å². The highest BCUT2D eigenvalue weighted by molar-refractivity contribution is 5.85. The van der Waals surface area contributed by atoms with Gasteiger partial charge in [-0.2, -0.15) is 0 Å². The second-order valence-electron chi connectivity index (χ2n) is 7.24. The first-order valence-corrected chi connectivity index (χ1v) is 10.5. The number of hydrogen-bond donors (Lipinski definition) is 2. The summed E-state index contributed by atoms with van der Waals surface area (Å²) in [5.74, 6) is 1.43. The van der Waals surface area contributed by atoms with Crippen molar-refractivity contribution in [2.24, 2.45) is 0 Å². The number of aliphatic hydroxyl groups is 1. The van der Waals surface area contributed by atoms with Crippen LogP contribution in [0.25, 0.3) is 11.0 Å². The highest BCUT2D eigenvalue weighted by Gasteiger charge is 2.15. The normalized spacial score (nSPS) is 12.0. The third-order valence-electron chi connectivity index (χ3n) is 5.40. The molecule has 0 aliphatic carbocycles. The minimum atomic E-state index is -0.733. The standard InChI is InChI=1S/C23H32N4O3.ClH/c1-4-25(5-2)14-15-26-21-8-6-7-9-22(21)27(23(26)24)16-18(28)17-30-20-12-10-19(29-3)11-13-20;/h6-13,18,24,28H,4-5,14-17H2,1-3H3;1H. The van der Waals surface area contributed by atoms with Gasteiger partial charge >= 0.3 is 0 Å². The lowest BCUT2D eigenvalue weighted by Crippen LogP contribution is -2.34. The van der Waals surface area contributed by atoms with Gasteiger partial charge in [0.15, 0.2) is 0 Å². The lowest BCUT2D eigenvalue weighted by Gasteiger charge is -2.18. The monoisotopic (exact) mass is 448 g/mol. The van der Waals surface area contributed by atoms with Gasteiger partial charge in [-0.3, -0.25) is 5.41 Å². The molecular formula is C23H33ClN4O3. The highest BCUT2D eigenvalue weighted by atomic mass is 35.5. The molecule has 1 unspecified atom stereocenters. The first-order valence-electron chi connectivity index (χ1n) is 10.5. The molecule has 1 aromatic heterocycles. The van der Waals surface area contributed by atoms with Crippen LogP contribution in [0.2, 0.25) is 0 Å². The summed E-state index contributed by atoms with van der Waals surface area (Å²) >= 11 is 0. The summed E-state index contributed by atoms with van der Waals surface area (Å²) in [7, 11) is 1.62. The zero-order chi connectivity index (χ0) is 21.5. The molecule has 2 aromatic carbocycles. The predicted octanol–water partition coefficient (Wildman–Crippen LogP) is 3.13. The molecule has 0 saturated heterocycles. The molecule has 3 rings (SSSR count). The summed E-state index contributed by atoms with van der Waals surface area (Å²) in [5, 5.41) is 19.3. The van der Waals surface area contributed by atoms with Crippen molar-refractivity contribution in [2.75, 3.05) is 33.4 Å². The molecule has 8 heteroatoms. The van der Waals surface area contributed by atoms with Gasteiger partial charge in [0.1, 0.15) is 24.2 Å². The summed E-state index contributed by atoms with van der Waals surface area (Å²) in [4.78, 5) is 2.34. The Balaban J connectivity index is 0.00000341. The van der Waals surface area contributed by atoms with E-state index in [1.807, 2.05) is 57.7 Å². The number of aliphatic hydroxyl groups excluding tert-OH is 1. The van der Waals surface area contributed by atoms with Crippen LogP contribution in [0.15, 0.2) is 48.5 Å². The summed E-state index contributed by atoms with van der Waals surface area (Å²) < 4.78 is 14.7. The molecule has 0 saturated carbocycles. The average molecular weight is 449 g/mol. The Hall–Kier alpha value is -2.48. The van der Waals surface area contributed by atoms with Crippen LogP contribution in [0.4, 0.5) is 0 Å². The van der Waals surface area contributed by atoms with E-state index < -0.39 is 6.10 Å². The number of imidazole rings is 1. The van der Waals surface area contributed by atoms with E-state index in [9.17, 15) is 5.11 Å². The molecule has 0 radical (unpaired) electrons. The van der Waals surface area contributed by atoms with Crippen molar-refractivity contribution in [3.8, 4) is 11.5 Å². The molecule has 1 atom stereocenters. The number of nitrogens with one attached hydrogen (secondary N) is 1. The van der Waals surface area contributed by atoms with E-state index in [2.05, 4.69) is 18.7 Å². The van der Waals surface area contributed by atoms with Gasteiger partial charge in [-0.05, 0) is 49.5 Å². The van der Waals surface area contributed by atoms with Gasteiger partial charge in [-0.1, -0.05) is 26.0 Å². The molecule has 31 heavy (non-hydrogen) atoms. The number of para-hydroxylation sites is 2. The zero-order valence-electron chi connectivity index (χ0n) is 18.5. The third kappa shape index (κ3) is 6.03. The highest BCUT2D eigenvalue weighted by Crippen LogP contribution is 2.18. The Morgan fingerprint density at radius 1 is 0.968 bits per heavy atom. The van der Waals surface area contributed by atoms with Crippen LogP contribution in [-0.2, 0) is 13.1 Å². The summed E-state index contributed by atoms with van der Waals surface area (Å²) in [5.41, 5.74) is 2.36. The van der Waals surface area contributed by atoms with E-state index in [-0.39, 0.29) is 19.0 Å². The maximum Gasteiger partial charge on any atom is 0.203 e. The lowest BCUT2D eigenvalue weighted by molar-refractivity contribution is 0.0920. The Morgan fingerprint density at radius 2 is 1.55 bits per heavy atom. The smallest absolute Gasteiger partial charge is 0.203 e. The van der Waals surface area contributed by atoms with Gasteiger partial charge < -0.3 is 28.6 Å². The summed E-state index contributed by atoms with van der Waals surface area (Å²) in [6.45, 7) is 8.37. The van der Waals surface area contributed by atoms with E-state index in [1.165, 1.54) is 0 Å². The molecular weight excluding hydrogens is 416 g/mol. The van der Waals surface area contributed by atoms with Crippen molar-refractivity contribution < 1.29 is 14.6 Å². The predicted molar refractivity (Wildman–Crippen MR) is 125 cm³/mol. The molecule has 0 bridgehead atoms. The van der Waals surface area contributed by atoms with Crippen molar-refractivity contribution in [2.45, 2.75) is 33.0 Å². The topological polar surface area (TPSA) is 75.6 Å². The lowest BCUT2D eigenvalue weighted by atomic mass is 10.3. The fraction of sp³-hybridized carbons (Fsp3) is 0.435. The largest absolute Gasteiger partial charge is 0.497 e. The number of aromatic nitrogens is 2. The van der Waals surface area contributed by atoms with Crippen LogP contribution in [0, 0.1) is 5.41 Å². The molecule has 2 N–H and O–H groups in total. The van der Waals surface area contributed by atoms with Gasteiger partial charge in [-0.15, -0.1) is 12.4 Å². The number of ether oxygens (including phenoxy) is 2. The van der Waals surface area contributed by atoms with Crippen LogP contribution < -0.4 is 15.1 Å². The molecule has 0 aliphatic heterocycles. The second kappa shape index (κ2) is 11.8. The number of halogens is 1. The van der Waals surface area contributed by atoms with Gasteiger partial charge in [0.25, 0.3) is 0 Å². The molecule has 3 aromatic rings. The fourth-order valence-corrected chi connectivity index (χ4v) is 3.61. The van der Waals surface area contributed by atoms with Gasteiger partial charge in [-0.25, -0.2) is 0 Å². The first-order chi connectivity index (χ1) is 14.6. The van der Waals surface area contributed by atoms with Crippen molar-refractivity contribution in [3.63, 3.8) is 0 Å². The number of likely N-dealkylation sites (N-methyl/N-ethyl adjacent to an activating group) is 1. The number of methoxy groups -OCH3 is 1. The minimum absolute atomic E-state index is 0. The van der Waals surface area contributed by atoms with Crippen LogP contribution >= 0.6 is 12.4 Å². The third-order valence-corrected chi connectivity index (χ3v) is 5.40. The number of nitrogens with zero attached hydrogens (tertiary/aromatic N) is 3. The number of benzene rings is 2. The quantitative estimate of drug-likeness (QED) is 0.472. The molecule has 7 nitrogen and oxygen atoms in total. The Kier molecular flexibility index (Phi) is 9.43. The molecule has 0 aliphatic rings. The number of rotatable bonds is 11. The average Bonchev–Trinajstić information content (AvgIpc) is 3.04. The van der Waals surface area contributed by atoms with E-state index in [0.717, 1.165) is 43.0 Å². The van der Waals surface area contributed by atoms with Crippen LogP contribution in [-0.4, -0.2) is 58.6 Å². The fourth-order valence-electron chi connectivity index (χ4n) is 3.61. The van der Waals surface area contributed by atoms with Gasteiger partial charge in [0, 0.05) is 13.1 Å². The van der Waals surface area contributed by atoms with Crippen molar-refractivity contribution >= 4 is 23.4 Å². The Morgan fingerprint density at radius 3 is 2.13 bits per heavy atom. The molecule has 170 valence electrons.